The van der Waals surface area contributed by atoms with Gasteiger partial charge in [0.15, 0.2) is 11.6 Å². The van der Waals surface area contributed by atoms with Crippen molar-refractivity contribution in [2.75, 3.05) is 24.8 Å². The van der Waals surface area contributed by atoms with E-state index in [-0.39, 0.29) is 18.6 Å². The van der Waals surface area contributed by atoms with Crippen LogP contribution in [0.15, 0.2) is 6.20 Å². The maximum absolute atomic E-state index is 9.27. The summed E-state index contributed by atoms with van der Waals surface area (Å²) in [5.41, 5.74) is 5.52. The minimum Gasteiger partial charge on any atom is -0.491 e. The van der Waals surface area contributed by atoms with Crippen LogP contribution in [0.25, 0.3) is 0 Å². The first kappa shape index (κ1) is 13.5. The third-order valence-corrected chi connectivity index (χ3v) is 2.46. The summed E-state index contributed by atoms with van der Waals surface area (Å²) in [6.45, 7) is 2.16. The standard InChI is InChI=1S/C11H20N4O2/c1-3-4-5-8(7-16)14-10-9(17-2)6-13-11(12)15-10/h6,8,16H,3-5,7H2,1-2H3,(H3,12,13,14,15)/t8-/m0/s1. The molecule has 0 aliphatic heterocycles. The van der Waals surface area contributed by atoms with Crippen LogP contribution >= 0.6 is 0 Å². The Morgan fingerprint density at radius 3 is 2.94 bits per heavy atom. The van der Waals surface area contributed by atoms with E-state index in [2.05, 4.69) is 22.2 Å². The molecule has 1 atom stereocenters. The van der Waals surface area contributed by atoms with Crippen LogP contribution in [0, 0.1) is 0 Å². The molecule has 0 saturated heterocycles. The number of nitrogens with one attached hydrogen (secondary N) is 1. The van der Waals surface area contributed by atoms with Crippen molar-refractivity contribution in [3.05, 3.63) is 6.20 Å². The summed E-state index contributed by atoms with van der Waals surface area (Å²) < 4.78 is 5.13. The largest absolute Gasteiger partial charge is 0.491 e. The number of unbranched alkanes of at least 4 members (excludes halogenated alkanes) is 1. The van der Waals surface area contributed by atoms with E-state index in [1.165, 1.54) is 6.20 Å². The van der Waals surface area contributed by atoms with Crippen molar-refractivity contribution in [2.24, 2.45) is 0 Å². The van der Waals surface area contributed by atoms with Gasteiger partial charge in [0.1, 0.15) is 0 Å². The molecule has 0 amide bonds. The molecule has 0 radical (unpaired) electrons. The minimum absolute atomic E-state index is 0.0434. The average molecular weight is 240 g/mol. The molecule has 1 heterocycles. The van der Waals surface area contributed by atoms with Gasteiger partial charge < -0.3 is 20.9 Å². The number of methoxy groups -OCH3 is 1. The summed E-state index contributed by atoms with van der Waals surface area (Å²) in [5.74, 6) is 1.23. The zero-order chi connectivity index (χ0) is 12.7. The van der Waals surface area contributed by atoms with Crippen molar-refractivity contribution in [1.29, 1.82) is 0 Å². The van der Waals surface area contributed by atoms with E-state index in [9.17, 15) is 5.11 Å². The predicted molar refractivity (Wildman–Crippen MR) is 67.0 cm³/mol. The van der Waals surface area contributed by atoms with Gasteiger partial charge in [0.25, 0.3) is 0 Å². The Labute approximate surface area is 101 Å². The number of anilines is 2. The lowest BCUT2D eigenvalue weighted by atomic mass is 10.1. The molecular formula is C11H20N4O2. The zero-order valence-corrected chi connectivity index (χ0v) is 10.3. The number of rotatable bonds is 7. The van der Waals surface area contributed by atoms with Gasteiger partial charge in [-0.05, 0) is 6.42 Å². The van der Waals surface area contributed by atoms with Crippen LogP contribution < -0.4 is 15.8 Å². The molecule has 4 N–H and O–H groups in total. The van der Waals surface area contributed by atoms with Crippen LogP contribution in [0.5, 0.6) is 5.75 Å². The molecule has 0 bridgehead atoms. The summed E-state index contributed by atoms with van der Waals surface area (Å²) in [7, 11) is 1.54. The van der Waals surface area contributed by atoms with Crippen molar-refractivity contribution in [2.45, 2.75) is 32.2 Å². The minimum atomic E-state index is -0.0434. The summed E-state index contributed by atoms with van der Waals surface area (Å²) in [6, 6.07) is -0.0434. The number of nitrogens with zero attached hydrogens (tertiary/aromatic N) is 2. The molecule has 17 heavy (non-hydrogen) atoms. The first-order valence-electron chi connectivity index (χ1n) is 5.75. The number of aromatic nitrogens is 2. The maximum Gasteiger partial charge on any atom is 0.222 e. The average Bonchev–Trinajstić information content (AvgIpc) is 2.34. The number of nitrogen functional groups attached to an aromatic ring is 1. The van der Waals surface area contributed by atoms with E-state index in [1.807, 2.05) is 0 Å². The van der Waals surface area contributed by atoms with Crippen LogP contribution in [-0.2, 0) is 0 Å². The lowest BCUT2D eigenvalue weighted by molar-refractivity contribution is 0.266. The van der Waals surface area contributed by atoms with Crippen molar-refractivity contribution < 1.29 is 9.84 Å². The smallest absolute Gasteiger partial charge is 0.222 e. The summed E-state index contributed by atoms with van der Waals surface area (Å²) in [4.78, 5) is 7.90. The van der Waals surface area contributed by atoms with E-state index in [0.29, 0.717) is 11.6 Å². The summed E-state index contributed by atoms with van der Waals surface area (Å²) >= 11 is 0. The van der Waals surface area contributed by atoms with Crippen LogP contribution in [-0.4, -0.2) is 34.8 Å². The van der Waals surface area contributed by atoms with Gasteiger partial charge in [0.05, 0.1) is 26.0 Å². The highest BCUT2D eigenvalue weighted by atomic mass is 16.5. The molecule has 0 unspecified atom stereocenters. The van der Waals surface area contributed by atoms with E-state index in [4.69, 9.17) is 10.5 Å². The second-order valence-corrected chi connectivity index (χ2v) is 3.81. The van der Waals surface area contributed by atoms with Gasteiger partial charge in [0, 0.05) is 0 Å². The molecule has 0 aliphatic carbocycles. The van der Waals surface area contributed by atoms with Gasteiger partial charge in [-0.25, -0.2) is 4.98 Å². The van der Waals surface area contributed by atoms with E-state index in [1.54, 1.807) is 7.11 Å². The number of ether oxygens (including phenoxy) is 1. The number of hydrogen-bond acceptors (Lipinski definition) is 6. The van der Waals surface area contributed by atoms with E-state index >= 15 is 0 Å². The summed E-state index contributed by atoms with van der Waals surface area (Å²) in [5, 5.41) is 12.4. The van der Waals surface area contributed by atoms with Gasteiger partial charge >= 0.3 is 0 Å². The fraction of sp³-hybridized carbons (Fsp3) is 0.636. The third-order valence-electron chi connectivity index (χ3n) is 2.46. The van der Waals surface area contributed by atoms with Crippen molar-refractivity contribution >= 4 is 11.8 Å². The topological polar surface area (TPSA) is 93.3 Å². The quantitative estimate of drug-likeness (QED) is 0.659. The first-order valence-corrected chi connectivity index (χ1v) is 5.75. The van der Waals surface area contributed by atoms with Gasteiger partial charge in [-0.2, -0.15) is 4.98 Å². The van der Waals surface area contributed by atoms with Crippen LogP contribution in [0.3, 0.4) is 0 Å². The second kappa shape index (κ2) is 6.90. The molecule has 0 spiro atoms. The molecule has 6 heteroatoms. The lowest BCUT2D eigenvalue weighted by Crippen LogP contribution is -2.24. The van der Waals surface area contributed by atoms with Gasteiger partial charge in [-0.1, -0.05) is 19.8 Å². The molecule has 1 rings (SSSR count). The van der Waals surface area contributed by atoms with Crippen molar-refractivity contribution in [3.8, 4) is 5.75 Å². The Bertz CT molecular complexity index is 346. The number of hydrogen-bond donors (Lipinski definition) is 3. The Balaban J connectivity index is 2.73. The molecule has 1 aromatic heterocycles. The molecule has 0 fully saturated rings. The Morgan fingerprint density at radius 1 is 1.59 bits per heavy atom. The normalized spacial score (nSPS) is 12.2. The Morgan fingerprint density at radius 2 is 2.35 bits per heavy atom. The fourth-order valence-corrected chi connectivity index (χ4v) is 1.49. The molecule has 6 nitrogen and oxygen atoms in total. The van der Waals surface area contributed by atoms with Crippen LogP contribution in [0.1, 0.15) is 26.2 Å². The van der Waals surface area contributed by atoms with Crippen LogP contribution in [0.4, 0.5) is 11.8 Å². The number of aliphatic hydroxyl groups is 1. The molecular weight excluding hydrogens is 220 g/mol. The van der Waals surface area contributed by atoms with E-state index < -0.39 is 0 Å². The van der Waals surface area contributed by atoms with Gasteiger partial charge in [-0.15, -0.1) is 0 Å². The Hall–Kier alpha value is -1.56. The van der Waals surface area contributed by atoms with Gasteiger partial charge in [-0.3, -0.25) is 0 Å². The van der Waals surface area contributed by atoms with Gasteiger partial charge in [0.2, 0.25) is 5.95 Å². The molecule has 0 aliphatic rings. The number of aliphatic hydroxyl groups excluding tert-OH is 1. The van der Waals surface area contributed by atoms with Crippen molar-refractivity contribution in [1.82, 2.24) is 9.97 Å². The zero-order valence-electron chi connectivity index (χ0n) is 10.3. The third kappa shape index (κ3) is 4.07. The van der Waals surface area contributed by atoms with E-state index in [0.717, 1.165) is 19.3 Å². The first-order chi connectivity index (χ1) is 8.21. The molecule has 0 saturated carbocycles. The highest BCUT2D eigenvalue weighted by Gasteiger charge is 2.12. The molecule has 96 valence electrons. The fourth-order valence-electron chi connectivity index (χ4n) is 1.49. The second-order valence-electron chi connectivity index (χ2n) is 3.81. The predicted octanol–water partition coefficient (Wildman–Crippen LogP) is 1.03. The SMILES string of the molecule is CCCC[C@@H](CO)Nc1nc(N)ncc1OC. The van der Waals surface area contributed by atoms with Crippen molar-refractivity contribution in [3.63, 3.8) is 0 Å². The molecule has 0 aromatic carbocycles. The monoisotopic (exact) mass is 240 g/mol. The summed E-state index contributed by atoms with van der Waals surface area (Å²) in [6.07, 6.45) is 4.52. The highest BCUT2D eigenvalue weighted by molar-refractivity contribution is 5.51. The number of nitrogens with two attached hydrogens (primary N) is 1. The van der Waals surface area contributed by atoms with Crippen LogP contribution in [0.2, 0.25) is 0 Å². The lowest BCUT2D eigenvalue weighted by Gasteiger charge is -2.18. The Kier molecular flexibility index (Phi) is 5.48. The maximum atomic E-state index is 9.27. The highest BCUT2D eigenvalue weighted by Crippen LogP contribution is 2.22. The molecule has 1 aromatic rings.